The van der Waals surface area contributed by atoms with Crippen molar-refractivity contribution in [2.45, 2.75) is 58.7 Å². The summed E-state index contributed by atoms with van der Waals surface area (Å²) >= 11 is 0. The minimum atomic E-state index is -4.42. The van der Waals surface area contributed by atoms with Crippen LogP contribution in [0.25, 0.3) is 11.1 Å². The Bertz CT molecular complexity index is 809. The molecule has 0 saturated carbocycles. The SMILES string of the molecule is CCCCCc1c(-c2ccc(C(F)(F)F)cc2)c(C(N)=O)c(C)n1CCCO. The zero-order chi connectivity index (χ0) is 20.9. The molecule has 3 N–H and O–H groups in total. The van der Waals surface area contributed by atoms with E-state index in [4.69, 9.17) is 5.73 Å². The van der Waals surface area contributed by atoms with Crippen molar-refractivity contribution in [1.29, 1.82) is 0 Å². The molecule has 1 amide bonds. The van der Waals surface area contributed by atoms with Gasteiger partial charge in [0.2, 0.25) is 0 Å². The van der Waals surface area contributed by atoms with Gasteiger partial charge in [-0.1, -0.05) is 31.9 Å². The van der Waals surface area contributed by atoms with Crippen molar-refractivity contribution in [3.05, 3.63) is 46.8 Å². The number of aliphatic hydroxyl groups is 1. The largest absolute Gasteiger partial charge is 0.416 e. The van der Waals surface area contributed by atoms with Gasteiger partial charge in [-0.3, -0.25) is 4.79 Å². The molecule has 28 heavy (non-hydrogen) atoms. The number of benzene rings is 1. The van der Waals surface area contributed by atoms with Gasteiger partial charge in [-0.25, -0.2) is 0 Å². The number of halogens is 3. The van der Waals surface area contributed by atoms with Crippen molar-refractivity contribution in [2.24, 2.45) is 5.73 Å². The smallest absolute Gasteiger partial charge is 0.396 e. The van der Waals surface area contributed by atoms with Crippen LogP contribution < -0.4 is 5.73 Å². The zero-order valence-electron chi connectivity index (χ0n) is 16.3. The maximum Gasteiger partial charge on any atom is 0.416 e. The normalized spacial score (nSPS) is 11.8. The van der Waals surface area contributed by atoms with Crippen molar-refractivity contribution in [1.82, 2.24) is 4.57 Å². The topological polar surface area (TPSA) is 68.2 Å². The molecule has 2 rings (SSSR count). The molecule has 1 aromatic heterocycles. The Kier molecular flexibility index (Phi) is 7.29. The minimum absolute atomic E-state index is 0.00748. The van der Waals surface area contributed by atoms with Crippen LogP contribution in [-0.4, -0.2) is 22.2 Å². The lowest BCUT2D eigenvalue weighted by atomic mass is 9.96. The maximum absolute atomic E-state index is 12.9. The van der Waals surface area contributed by atoms with E-state index in [-0.39, 0.29) is 6.61 Å². The third kappa shape index (κ3) is 4.76. The number of hydrogen-bond donors (Lipinski definition) is 2. The van der Waals surface area contributed by atoms with Crippen LogP contribution in [0.2, 0.25) is 0 Å². The highest BCUT2D eigenvalue weighted by molar-refractivity contribution is 6.02. The van der Waals surface area contributed by atoms with Crippen LogP contribution in [0.15, 0.2) is 24.3 Å². The Morgan fingerprint density at radius 3 is 2.29 bits per heavy atom. The lowest BCUT2D eigenvalue weighted by Gasteiger charge is -2.13. The first-order chi connectivity index (χ1) is 13.2. The fourth-order valence-electron chi connectivity index (χ4n) is 3.57. The lowest BCUT2D eigenvalue weighted by Crippen LogP contribution is -2.13. The first-order valence-electron chi connectivity index (χ1n) is 9.52. The highest BCUT2D eigenvalue weighted by Crippen LogP contribution is 2.36. The average molecular weight is 396 g/mol. The molecule has 0 atom stereocenters. The Labute approximate surface area is 163 Å². The molecule has 0 radical (unpaired) electrons. The monoisotopic (exact) mass is 396 g/mol. The van der Waals surface area contributed by atoms with E-state index in [0.717, 1.165) is 37.1 Å². The third-order valence-corrected chi connectivity index (χ3v) is 4.94. The van der Waals surface area contributed by atoms with Crippen LogP contribution in [0, 0.1) is 6.92 Å². The third-order valence-electron chi connectivity index (χ3n) is 4.94. The van der Waals surface area contributed by atoms with Gasteiger partial charge in [0.25, 0.3) is 5.91 Å². The van der Waals surface area contributed by atoms with Gasteiger partial charge < -0.3 is 15.4 Å². The molecule has 0 bridgehead atoms. The molecule has 7 heteroatoms. The molecule has 0 aliphatic heterocycles. The van der Waals surface area contributed by atoms with Crippen molar-refractivity contribution >= 4 is 5.91 Å². The molecule has 0 saturated heterocycles. The van der Waals surface area contributed by atoms with Crippen LogP contribution in [-0.2, 0) is 19.1 Å². The number of rotatable bonds is 9. The Hall–Kier alpha value is -2.28. The van der Waals surface area contributed by atoms with Gasteiger partial charge in [-0.05, 0) is 43.9 Å². The number of alkyl halides is 3. The quantitative estimate of drug-likeness (QED) is 0.604. The van der Waals surface area contributed by atoms with Gasteiger partial charge in [-0.2, -0.15) is 13.2 Å². The number of nitrogens with two attached hydrogens (primary N) is 1. The van der Waals surface area contributed by atoms with Crippen molar-refractivity contribution in [2.75, 3.05) is 6.61 Å². The molecule has 0 aliphatic rings. The van der Waals surface area contributed by atoms with E-state index in [2.05, 4.69) is 6.92 Å². The number of primary amides is 1. The van der Waals surface area contributed by atoms with Crippen molar-refractivity contribution in [3.63, 3.8) is 0 Å². The lowest BCUT2D eigenvalue weighted by molar-refractivity contribution is -0.137. The van der Waals surface area contributed by atoms with E-state index in [1.165, 1.54) is 12.1 Å². The summed E-state index contributed by atoms with van der Waals surface area (Å²) in [4.78, 5) is 12.2. The second-order valence-electron chi connectivity index (χ2n) is 6.91. The van der Waals surface area contributed by atoms with Crippen LogP contribution in [0.3, 0.4) is 0 Å². The number of aromatic nitrogens is 1. The second-order valence-corrected chi connectivity index (χ2v) is 6.91. The fourth-order valence-corrected chi connectivity index (χ4v) is 3.57. The van der Waals surface area contributed by atoms with Crippen molar-refractivity contribution < 1.29 is 23.1 Å². The number of aliphatic hydroxyl groups excluding tert-OH is 1. The summed E-state index contributed by atoms with van der Waals surface area (Å²) in [6, 6.07) is 4.83. The summed E-state index contributed by atoms with van der Waals surface area (Å²) in [6.45, 7) is 4.40. The van der Waals surface area contributed by atoms with Gasteiger partial charge in [0.1, 0.15) is 0 Å². The van der Waals surface area contributed by atoms with Gasteiger partial charge >= 0.3 is 6.18 Å². The van der Waals surface area contributed by atoms with E-state index in [9.17, 15) is 23.1 Å². The summed E-state index contributed by atoms with van der Waals surface area (Å²) < 4.78 is 40.7. The molecule has 1 heterocycles. The fraction of sp³-hybridized carbons (Fsp3) is 0.476. The molecule has 154 valence electrons. The molecular formula is C21H27F3N2O2. The predicted molar refractivity (Wildman–Crippen MR) is 103 cm³/mol. The summed E-state index contributed by atoms with van der Waals surface area (Å²) in [5.74, 6) is -0.605. The summed E-state index contributed by atoms with van der Waals surface area (Å²) in [5.41, 5.74) is 7.95. The number of carbonyl (C=O) groups excluding carboxylic acids is 1. The molecule has 4 nitrogen and oxygen atoms in total. The molecule has 0 spiro atoms. The molecule has 0 unspecified atom stereocenters. The number of carbonyl (C=O) groups is 1. The Morgan fingerprint density at radius 1 is 1.14 bits per heavy atom. The average Bonchev–Trinajstić information content (AvgIpc) is 2.91. The molecule has 1 aromatic carbocycles. The molecular weight excluding hydrogens is 369 g/mol. The van der Waals surface area contributed by atoms with Crippen LogP contribution >= 0.6 is 0 Å². The van der Waals surface area contributed by atoms with Gasteiger partial charge in [0, 0.05) is 30.1 Å². The van der Waals surface area contributed by atoms with Gasteiger partial charge in [0.05, 0.1) is 11.1 Å². The van der Waals surface area contributed by atoms with Crippen LogP contribution in [0.4, 0.5) is 13.2 Å². The predicted octanol–water partition coefficient (Wildman–Crippen LogP) is 4.70. The van der Waals surface area contributed by atoms with E-state index < -0.39 is 17.6 Å². The van der Waals surface area contributed by atoms with Crippen molar-refractivity contribution in [3.8, 4) is 11.1 Å². The highest BCUT2D eigenvalue weighted by Gasteiger charge is 2.31. The summed E-state index contributed by atoms with van der Waals surface area (Å²) in [7, 11) is 0. The molecule has 0 fully saturated rings. The van der Waals surface area contributed by atoms with E-state index in [1.807, 2.05) is 4.57 Å². The number of amides is 1. The summed E-state index contributed by atoms with van der Waals surface area (Å²) in [6.07, 6.45) is -0.301. The zero-order valence-corrected chi connectivity index (χ0v) is 16.3. The maximum atomic E-state index is 12.9. The van der Waals surface area contributed by atoms with Gasteiger partial charge in [-0.15, -0.1) is 0 Å². The standard InChI is InChI=1S/C21H27F3N2O2/c1-3-4-5-7-17-19(15-8-10-16(11-9-15)21(22,23)24)18(20(25)28)14(2)26(17)12-6-13-27/h8-11,27H,3-7,12-13H2,1-2H3,(H2,25,28). The minimum Gasteiger partial charge on any atom is -0.396 e. The molecule has 2 aromatic rings. The van der Waals surface area contributed by atoms with Crippen LogP contribution in [0.1, 0.15) is 59.9 Å². The Morgan fingerprint density at radius 2 is 1.79 bits per heavy atom. The summed E-state index contributed by atoms with van der Waals surface area (Å²) in [5, 5.41) is 9.22. The highest BCUT2D eigenvalue weighted by atomic mass is 19.4. The number of nitrogens with zero attached hydrogens (tertiary/aromatic N) is 1. The van der Waals surface area contributed by atoms with Gasteiger partial charge in [0.15, 0.2) is 0 Å². The first-order valence-corrected chi connectivity index (χ1v) is 9.52. The van der Waals surface area contributed by atoms with Crippen LogP contribution in [0.5, 0.6) is 0 Å². The van der Waals surface area contributed by atoms with E-state index in [1.54, 1.807) is 6.92 Å². The number of unbranched alkanes of at least 4 members (excludes halogenated alkanes) is 2. The number of hydrogen-bond acceptors (Lipinski definition) is 2. The Balaban J connectivity index is 2.63. The van der Waals surface area contributed by atoms with E-state index >= 15 is 0 Å². The first kappa shape index (κ1) is 22.0. The molecule has 0 aliphatic carbocycles. The van der Waals surface area contributed by atoms with E-state index in [0.29, 0.717) is 41.8 Å². The second kappa shape index (κ2) is 9.28.